The Morgan fingerprint density at radius 2 is 2.27 bits per heavy atom. The fraction of sp³-hybridized carbons (Fsp3) is 0.800. The number of nitrogens with one attached hydrogen (secondary N) is 1. The van der Waals surface area contributed by atoms with E-state index >= 15 is 0 Å². The molecule has 2 heterocycles. The number of imide groups is 1. The fourth-order valence-corrected chi connectivity index (χ4v) is 2.29. The van der Waals surface area contributed by atoms with Crippen LogP contribution in [0.4, 0.5) is 4.79 Å². The molecular weight excluding hydrogens is 194 g/mol. The molecule has 2 rings (SSSR count). The monoisotopic (exact) mass is 211 g/mol. The van der Waals surface area contributed by atoms with Crippen LogP contribution < -0.4 is 5.32 Å². The zero-order valence-corrected chi connectivity index (χ0v) is 9.03. The summed E-state index contributed by atoms with van der Waals surface area (Å²) >= 11 is 0. The Labute approximate surface area is 89.4 Å². The second-order valence-electron chi connectivity index (χ2n) is 4.28. The topological polar surface area (TPSA) is 52.6 Å². The molecule has 0 saturated carbocycles. The van der Waals surface area contributed by atoms with E-state index in [0.717, 1.165) is 26.1 Å². The lowest BCUT2D eigenvalue weighted by atomic mass is 10.1. The number of carbonyl (C=O) groups is 2. The molecule has 2 aliphatic rings. The zero-order valence-electron chi connectivity index (χ0n) is 9.03. The predicted octanol–water partition coefficient (Wildman–Crippen LogP) is -0.120. The van der Waals surface area contributed by atoms with Crippen LogP contribution in [-0.4, -0.2) is 54.5 Å². The number of nitrogens with zero attached hydrogens (tertiary/aromatic N) is 2. The summed E-state index contributed by atoms with van der Waals surface area (Å²) in [4.78, 5) is 26.3. The van der Waals surface area contributed by atoms with Crippen molar-refractivity contribution in [3.05, 3.63) is 0 Å². The van der Waals surface area contributed by atoms with E-state index in [1.807, 2.05) is 0 Å². The Morgan fingerprint density at radius 1 is 1.47 bits per heavy atom. The van der Waals surface area contributed by atoms with Crippen molar-refractivity contribution in [1.82, 2.24) is 15.1 Å². The molecule has 0 radical (unpaired) electrons. The quantitative estimate of drug-likeness (QED) is 0.662. The van der Waals surface area contributed by atoms with Crippen LogP contribution >= 0.6 is 0 Å². The second-order valence-corrected chi connectivity index (χ2v) is 4.28. The summed E-state index contributed by atoms with van der Waals surface area (Å²) in [5, 5.41) is 2.30. The van der Waals surface area contributed by atoms with E-state index in [1.165, 1.54) is 0 Å². The minimum atomic E-state index is -0.227. The van der Waals surface area contributed by atoms with Gasteiger partial charge in [0.15, 0.2) is 0 Å². The first-order valence-corrected chi connectivity index (χ1v) is 5.50. The van der Waals surface area contributed by atoms with Gasteiger partial charge < -0.3 is 9.80 Å². The molecule has 0 aromatic heterocycles. The zero-order chi connectivity index (χ0) is 10.8. The summed E-state index contributed by atoms with van der Waals surface area (Å²) in [6.45, 7) is 6.34. The van der Waals surface area contributed by atoms with E-state index in [2.05, 4.69) is 17.1 Å². The van der Waals surface area contributed by atoms with Gasteiger partial charge in [-0.05, 0) is 25.4 Å². The molecule has 1 unspecified atom stereocenters. The minimum absolute atomic E-state index is 0.176. The molecule has 84 valence electrons. The Hall–Kier alpha value is -1.10. The fourth-order valence-electron chi connectivity index (χ4n) is 2.29. The molecule has 0 aromatic carbocycles. The molecule has 0 spiro atoms. The molecule has 2 saturated heterocycles. The highest BCUT2D eigenvalue weighted by atomic mass is 16.2. The van der Waals surface area contributed by atoms with Crippen LogP contribution in [0.3, 0.4) is 0 Å². The Kier molecular flexibility index (Phi) is 2.90. The van der Waals surface area contributed by atoms with Crippen molar-refractivity contribution >= 4 is 11.9 Å². The van der Waals surface area contributed by atoms with Crippen molar-refractivity contribution in [1.29, 1.82) is 0 Å². The molecule has 1 N–H and O–H groups in total. The maximum atomic E-state index is 11.3. The van der Waals surface area contributed by atoms with E-state index < -0.39 is 0 Å². The second kappa shape index (κ2) is 4.18. The van der Waals surface area contributed by atoms with Crippen LogP contribution in [0.1, 0.15) is 13.3 Å². The molecule has 15 heavy (non-hydrogen) atoms. The lowest BCUT2D eigenvalue weighted by molar-refractivity contribution is -0.118. The maximum Gasteiger partial charge on any atom is 0.324 e. The number of hydrogen-bond acceptors (Lipinski definition) is 3. The summed E-state index contributed by atoms with van der Waals surface area (Å²) in [6.07, 6.45) is 1.13. The predicted molar refractivity (Wildman–Crippen MR) is 55.3 cm³/mol. The molecular formula is C10H17N3O2. The van der Waals surface area contributed by atoms with Gasteiger partial charge in [-0.2, -0.15) is 0 Å². The Morgan fingerprint density at radius 3 is 2.80 bits per heavy atom. The molecule has 5 heteroatoms. The minimum Gasteiger partial charge on any atom is -0.315 e. The van der Waals surface area contributed by atoms with E-state index in [4.69, 9.17) is 0 Å². The number of rotatable bonds is 3. The van der Waals surface area contributed by atoms with Crippen molar-refractivity contribution in [2.75, 3.05) is 32.7 Å². The van der Waals surface area contributed by atoms with E-state index in [-0.39, 0.29) is 18.5 Å². The van der Waals surface area contributed by atoms with Gasteiger partial charge in [0.1, 0.15) is 6.54 Å². The molecule has 3 amide bonds. The van der Waals surface area contributed by atoms with Gasteiger partial charge in [0.05, 0.1) is 0 Å². The molecule has 0 aromatic rings. The van der Waals surface area contributed by atoms with Gasteiger partial charge in [0.2, 0.25) is 5.91 Å². The van der Waals surface area contributed by atoms with Gasteiger partial charge in [-0.25, -0.2) is 4.79 Å². The van der Waals surface area contributed by atoms with E-state index in [9.17, 15) is 9.59 Å². The normalized spacial score (nSPS) is 27.5. The van der Waals surface area contributed by atoms with E-state index in [1.54, 1.807) is 4.90 Å². The standard InChI is InChI=1S/C10H17N3O2/c1-2-12-4-3-8(5-12)6-13-7-9(14)11-10(13)15/h8H,2-7H2,1H3,(H,11,14,15). The summed E-state index contributed by atoms with van der Waals surface area (Å²) < 4.78 is 0. The van der Waals surface area contributed by atoms with Crippen molar-refractivity contribution < 1.29 is 9.59 Å². The third kappa shape index (κ3) is 2.28. The first-order valence-electron chi connectivity index (χ1n) is 5.50. The largest absolute Gasteiger partial charge is 0.324 e. The molecule has 0 aliphatic carbocycles. The first-order chi connectivity index (χ1) is 7.19. The number of amides is 3. The van der Waals surface area contributed by atoms with Gasteiger partial charge in [-0.1, -0.05) is 6.92 Å². The van der Waals surface area contributed by atoms with Crippen molar-refractivity contribution in [3.63, 3.8) is 0 Å². The van der Waals surface area contributed by atoms with Crippen molar-refractivity contribution in [2.45, 2.75) is 13.3 Å². The highest BCUT2D eigenvalue weighted by Crippen LogP contribution is 2.17. The van der Waals surface area contributed by atoms with Crippen LogP contribution in [0, 0.1) is 5.92 Å². The Balaban J connectivity index is 1.83. The molecule has 2 aliphatic heterocycles. The highest BCUT2D eigenvalue weighted by molar-refractivity contribution is 6.01. The summed E-state index contributed by atoms with van der Waals surface area (Å²) in [6, 6.07) is -0.227. The van der Waals surface area contributed by atoms with Crippen LogP contribution in [0.5, 0.6) is 0 Å². The number of urea groups is 1. The number of likely N-dealkylation sites (tertiary alicyclic amines) is 1. The Bertz CT molecular complexity index is 280. The van der Waals surface area contributed by atoms with Gasteiger partial charge in [-0.15, -0.1) is 0 Å². The maximum absolute atomic E-state index is 11.3. The van der Waals surface area contributed by atoms with Crippen LogP contribution in [0.2, 0.25) is 0 Å². The average molecular weight is 211 g/mol. The molecule has 2 fully saturated rings. The van der Waals surface area contributed by atoms with Crippen LogP contribution in [0.25, 0.3) is 0 Å². The van der Waals surface area contributed by atoms with Crippen LogP contribution in [0.15, 0.2) is 0 Å². The van der Waals surface area contributed by atoms with Gasteiger partial charge in [-0.3, -0.25) is 10.1 Å². The van der Waals surface area contributed by atoms with Gasteiger partial charge in [0, 0.05) is 13.1 Å². The van der Waals surface area contributed by atoms with Gasteiger partial charge >= 0.3 is 6.03 Å². The molecule has 5 nitrogen and oxygen atoms in total. The third-order valence-electron chi connectivity index (χ3n) is 3.16. The summed E-state index contributed by atoms with van der Waals surface area (Å²) in [5.74, 6) is 0.354. The third-order valence-corrected chi connectivity index (χ3v) is 3.16. The SMILES string of the molecule is CCN1CCC(CN2CC(=O)NC2=O)C1. The number of carbonyl (C=O) groups excluding carboxylic acids is 2. The summed E-state index contributed by atoms with van der Waals surface area (Å²) in [5.41, 5.74) is 0. The molecule has 1 atom stereocenters. The smallest absolute Gasteiger partial charge is 0.315 e. The van der Waals surface area contributed by atoms with Crippen molar-refractivity contribution in [3.8, 4) is 0 Å². The summed E-state index contributed by atoms with van der Waals surface area (Å²) in [7, 11) is 0. The van der Waals surface area contributed by atoms with Gasteiger partial charge in [0.25, 0.3) is 0 Å². The van der Waals surface area contributed by atoms with E-state index in [0.29, 0.717) is 12.5 Å². The molecule has 0 bridgehead atoms. The highest BCUT2D eigenvalue weighted by Gasteiger charge is 2.31. The lowest BCUT2D eigenvalue weighted by Gasteiger charge is -2.18. The van der Waals surface area contributed by atoms with Crippen LogP contribution in [-0.2, 0) is 4.79 Å². The number of hydrogen-bond donors (Lipinski definition) is 1. The average Bonchev–Trinajstić information content (AvgIpc) is 2.75. The van der Waals surface area contributed by atoms with Crippen molar-refractivity contribution in [2.24, 2.45) is 5.92 Å². The first kappa shape index (κ1) is 10.4. The lowest BCUT2D eigenvalue weighted by Crippen LogP contribution is -2.34.